The summed E-state index contributed by atoms with van der Waals surface area (Å²) in [6, 6.07) is 4.01. The van der Waals surface area contributed by atoms with Crippen LogP contribution in [0.2, 0.25) is 0 Å². The van der Waals surface area contributed by atoms with Gasteiger partial charge < -0.3 is 0 Å². The van der Waals surface area contributed by atoms with Crippen LogP contribution in [0.1, 0.15) is 38.2 Å². The zero-order valence-corrected chi connectivity index (χ0v) is 13.9. The van der Waals surface area contributed by atoms with E-state index in [0.29, 0.717) is 11.5 Å². The molecule has 6 heteroatoms. The Kier molecular flexibility index (Phi) is 5.28. The Morgan fingerprint density at radius 1 is 1.29 bits per heavy atom. The van der Waals surface area contributed by atoms with Gasteiger partial charge in [-0.15, -0.1) is 11.6 Å². The number of hydrogen-bond acceptors (Lipinski definition) is 2. The van der Waals surface area contributed by atoms with Gasteiger partial charge in [-0.1, -0.05) is 13.0 Å². The fourth-order valence-corrected chi connectivity index (χ4v) is 4.42. The van der Waals surface area contributed by atoms with Crippen molar-refractivity contribution in [1.82, 2.24) is 4.31 Å². The Labute approximate surface area is 131 Å². The molecule has 0 spiro atoms. The van der Waals surface area contributed by atoms with E-state index >= 15 is 0 Å². The van der Waals surface area contributed by atoms with Crippen LogP contribution in [-0.4, -0.2) is 25.8 Å². The van der Waals surface area contributed by atoms with Crippen molar-refractivity contribution in [3.8, 4) is 0 Å². The Balaban J connectivity index is 2.25. The van der Waals surface area contributed by atoms with Crippen molar-refractivity contribution in [2.24, 2.45) is 5.92 Å². The molecule has 118 valence electrons. The summed E-state index contributed by atoms with van der Waals surface area (Å²) in [6.45, 7) is 2.18. The van der Waals surface area contributed by atoms with Crippen molar-refractivity contribution in [3.05, 3.63) is 29.6 Å². The van der Waals surface area contributed by atoms with Crippen LogP contribution >= 0.6 is 11.6 Å². The summed E-state index contributed by atoms with van der Waals surface area (Å²) in [4.78, 5) is -0.266. The van der Waals surface area contributed by atoms with Gasteiger partial charge in [-0.2, -0.15) is 4.31 Å². The molecule has 3 nitrogen and oxygen atoms in total. The highest BCUT2D eigenvalue weighted by molar-refractivity contribution is 7.89. The molecule has 1 aromatic carbocycles. The van der Waals surface area contributed by atoms with Crippen LogP contribution in [0.5, 0.6) is 0 Å². The smallest absolute Gasteiger partial charge is 0.207 e. The van der Waals surface area contributed by atoms with E-state index in [1.807, 2.05) is 0 Å². The van der Waals surface area contributed by atoms with Crippen LogP contribution in [0.15, 0.2) is 23.1 Å². The molecular weight excluding hydrogens is 313 g/mol. The van der Waals surface area contributed by atoms with Gasteiger partial charge >= 0.3 is 0 Å². The molecule has 0 atom stereocenters. The minimum absolute atomic E-state index is 0.0432. The number of benzene rings is 1. The molecular formula is C15H21ClFNO2S. The number of nitrogens with zero attached hydrogens (tertiary/aromatic N) is 1. The average Bonchev–Trinajstić information content (AvgIpc) is 2.46. The molecule has 0 N–H and O–H groups in total. The van der Waals surface area contributed by atoms with Gasteiger partial charge in [-0.25, -0.2) is 12.8 Å². The third kappa shape index (κ3) is 3.58. The van der Waals surface area contributed by atoms with Crippen LogP contribution < -0.4 is 0 Å². The van der Waals surface area contributed by atoms with Crippen LogP contribution in [0.4, 0.5) is 4.39 Å². The van der Waals surface area contributed by atoms with Crippen molar-refractivity contribution in [2.75, 3.05) is 7.05 Å². The lowest BCUT2D eigenvalue weighted by atomic mass is 9.87. The number of alkyl halides is 1. The molecule has 0 bridgehead atoms. The van der Waals surface area contributed by atoms with Crippen molar-refractivity contribution < 1.29 is 12.8 Å². The Hall–Kier alpha value is -0.650. The summed E-state index contributed by atoms with van der Waals surface area (Å²) in [5, 5.41) is 0. The van der Waals surface area contributed by atoms with E-state index in [1.54, 1.807) is 13.1 Å². The lowest BCUT2D eigenvalue weighted by Gasteiger charge is -2.32. The van der Waals surface area contributed by atoms with Crippen LogP contribution in [0, 0.1) is 11.7 Å². The first-order chi connectivity index (χ1) is 9.86. The van der Waals surface area contributed by atoms with Crippen molar-refractivity contribution in [2.45, 2.75) is 49.4 Å². The maximum atomic E-state index is 14.1. The molecule has 0 heterocycles. The number of rotatable bonds is 4. The quantitative estimate of drug-likeness (QED) is 0.787. The van der Waals surface area contributed by atoms with Gasteiger partial charge in [0.25, 0.3) is 0 Å². The van der Waals surface area contributed by atoms with Gasteiger partial charge in [0.1, 0.15) is 10.7 Å². The fourth-order valence-electron chi connectivity index (χ4n) is 2.79. The van der Waals surface area contributed by atoms with E-state index in [1.165, 1.54) is 16.4 Å². The van der Waals surface area contributed by atoms with Crippen molar-refractivity contribution in [1.29, 1.82) is 0 Å². The summed E-state index contributed by atoms with van der Waals surface area (Å²) in [7, 11) is -2.25. The number of halogens is 2. The van der Waals surface area contributed by atoms with Gasteiger partial charge in [0.2, 0.25) is 10.0 Å². The van der Waals surface area contributed by atoms with E-state index < -0.39 is 15.8 Å². The topological polar surface area (TPSA) is 37.4 Å². The lowest BCUT2D eigenvalue weighted by molar-refractivity contribution is 0.245. The molecule has 1 aliphatic rings. The summed E-state index contributed by atoms with van der Waals surface area (Å²) < 4.78 is 40.6. The zero-order valence-electron chi connectivity index (χ0n) is 12.4. The first-order valence-corrected chi connectivity index (χ1v) is 9.16. The predicted molar refractivity (Wildman–Crippen MR) is 82.3 cm³/mol. The average molecular weight is 334 g/mol. The van der Waals surface area contributed by atoms with E-state index in [4.69, 9.17) is 11.6 Å². The van der Waals surface area contributed by atoms with Crippen molar-refractivity contribution in [3.63, 3.8) is 0 Å². The van der Waals surface area contributed by atoms with Crippen LogP contribution in [0.3, 0.4) is 0 Å². The van der Waals surface area contributed by atoms with Gasteiger partial charge in [-0.05, 0) is 49.3 Å². The minimum atomic E-state index is -3.80. The second kappa shape index (κ2) is 6.63. The lowest BCUT2D eigenvalue weighted by Crippen LogP contribution is -2.39. The summed E-state index contributed by atoms with van der Waals surface area (Å²) in [5.74, 6) is 0.0643. The number of sulfonamides is 1. The monoisotopic (exact) mass is 333 g/mol. The highest BCUT2D eigenvalue weighted by Gasteiger charge is 2.32. The SMILES string of the molecule is CC1CCC(N(C)S(=O)(=O)c2ccc(CCl)cc2F)CC1. The summed E-state index contributed by atoms with van der Waals surface area (Å²) in [6.07, 6.45) is 3.69. The molecule has 0 unspecified atom stereocenters. The van der Waals surface area contributed by atoms with Crippen LogP contribution in [-0.2, 0) is 15.9 Å². The second-order valence-electron chi connectivity index (χ2n) is 5.83. The van der Waals surface area contributed by atoms with E-state index in [-0.39, 0.29) is 16.8 Å². The van der Waals surface area contributed by atoms with Gasteiger partial charge in [0.15, 0.2) is 0 Å². The third-order valence-electron chi connectivity index (χ3n) is 4.31. The van der Waals surface area contributed by atoms with Gasteiger partial charge in [0, 0.05) is 19.0 Å². The van der Waals surface area contributed by atoms with E-state index in [2.05, 4.69) is 6.92 Å². The third-order valence-corrected chi connectivity index (χ3v) is 6.56. The summed E-state index contributed by atoms with van der Waals surface area (Å²) >= 11 is 5.64. The highest BCUT2D eigenvalue weighted by Crippen LogP contribution is 2.30. The molecule has 1 fully saturated rings. The Morgan fingerprint density at radius 2 is 1.90 bits per heavy atom. The largest absolute Gasteiger partial charge is 0.245 e. The standard InChI is InChI=1S/C15H21ClFNO2S/c1-11-3-6-13(7-4-11)18(2)21(19,20)15-8-5-12(10-16)9-14(15)17/h5,8-9,11,13H,3-4,6-7,10H2,1-2H3. The fraction of sp³-hybridized carbons (Fsp3) is 0.600. The molecule has 0 saturated heterocycles. The zero-order chi connectivity index (χ0) is 15.6. The maximum Gasteiger partial charge on any atom is 0.245 e. The molecule has 0 aromatic heterocycles. The van der Waals surface area contributed by atoms with Crippen molar-refractivity contribution >= 4 is 21.6 Å². The molecule has 0 aliphatic heterocycles. The molecule has 1 aromatic rings. The predicted octanol–water partition coefficient (Wildman–Crippen LogP) is 3.76. The molecule has 2 rings (SSSR count). The van der Waals surface area contributed by atoms with Crippen LogP contribution in [0.25, 0.3) is 0 Å². The van der Waals surface area contributed by atoms with E-state index in [9.17, 15) is 12.8 Å². The molecule has 21 heavy (non-hydrogen) atoms. The first-order valence-electron chi connectivity index (χ1n) is 7.18. The molecule has 0 amide bonds. The molecule has 1 aliphatic carbocycles. The Bertz CT molecular complexity index is 598. The van der Waals surface area contributed by atoms with Gasteiger partial charge in [-0.3, -0.25) is 0 Å². The first kappa shape index (κ1) is 16.7. The number of hydrogen-bond donors (Lipinski definition) is 0. The second-order valence-corrected chi connectivity index (χ2v) is 8.07. The summed E-state index contributed by atoms with van der Waals surface area (Å²) in [5.41, 5.74) is 0.572. The van der Waals surface area contributed by atoms with E-state index in [0.717, 1.165) is 25.7 Å². The maximum absolute atomic E-state index is 14.1. The van der Waals surface area contributed by atoms with Gasteiger partial charge in [0.05, 0.1) is 0 Å². The molecule has 0 radical (unpaired) electrons. The molecule has 1 saturated carbocycles. The normalized spacial score (nSPS) is 23.5. The minimum Gasteiger partial charge on any atom is -0.207 e. The highest BCUT2D eigenvalue weighted by atomic mass is 35.5. The Morgan fingerprint density at radius 3 is 2.43 bits per heavy atom.